The topological polar surface area (TPSA) is 58.4 Å². The molecule has 0 radical (unpaired) electrons. The Hall–Kier alpha value is -0.610. The van der Waals surface area contributed by atoms with Crippen molar-refractivity contribution in [2.24, 2.45) is 11.7 Å². The molecule has 15 heavy (non-hydrogen) atoms. The van der Waals surface area contributed by atoms with Gasteiger partial charge in [-0.15, -0.1) is 0 Å². The number of nitrogens with two attached hydrogens (primary N) is 1. The molecule has 0 aromatic carbocycles. The maximum Gasteiger partial charge on any atom is 0.231 e. The maximum absolute atomic E-state index is 10.7. The molecule has 2 fully saturated rings. The van der Waals surface area contributed by atoms with Gasteiger partial charge in [-0.05, 0) is 51.2 Å². The van der Waals surface area contributed by atoms with Crippen LogP contribution in [0, 0.1) is 5.92 Å². The van der Waals surface area contributed by atoms with Gasteiger partial charge in [0.05, 0.1) is 6.54 Å². The number of likely N-dealkylation sites (tertiary alicyclic amines) is 1. The van der Waals surface area contributed by atoms with Gasteiger partial charge in [0.2, 0.25) is 5.91 Å². The van der Waals surface area contributed by atoms with Crippen molar-refractivity contribution >= 4 is 5.91 Å². The van der Waals surface area contributed by atoms with Crippen LogP contribution in [0.15, 0.2) is 0 Å². The molecule has 0 bridgehead atoms. The zero-order valence-electron chi connectivity index (χ0n) is 9.24. The molecule has 4 heteroatoms. The molecule has 0 aromatic rings. The van der Waals surface area contributed by atoms with E-state index in [0.717, 1.165) is 31.6 Å². The number of rotatable bonds is 5. The first-order chi connectivity index (χ1) is 7.24. The second kappa shape index (κ2) is 4.94. The summed E-state index contributed by atoms with van der Waals surface area (Å²) < 4.78 is 0. The molecule has 1 amide bonds. The van der Waals surface area contributed by atoms with Crippen molar-refractivity contribution in [2.45, 2.75) is 31.7 Å². The first-order valence-corrected chi connectivity index (χ1v) is 5.98. The van der Waals surface area contributed by atoms with E-state index in [1.54, 1.807) is 0 Å². The Morgan fingerprint density at radius 1 is 1.27 bits per heavy atom. The number of primary amides is 1. The van der Waals surface area contributed by atoms with Crippen LogP contribution in [-0.2, 0) is 4.79 Å². The predicted octanol–water partition coefficient (Wildman–Crippen LogP) is -0.0643. The van der Waals surface area contributed by atoms with Crippen molar-refractivity contribution in [3.8, 4) is 0 Å². The molecule has 1 saturated carbocycles. The highest BCUT2D eigenvalue weighted by Gasteiger charge is 2.24. The van der Waals surface area contributed by atoms with Crippen LogP contribution in [0.3, 0.4) is 0 Å². The molecule has 3 N–H and O–H groups in total. The summed E-state index contributed by atoms with van der Waals surface area (Å²) in [5.74, 6) is 0.597. The summed E-state index contributed by atoms with van der Waals surface area (Å²) >= 11 is 0. The third-order valence-electron chi connectivity index (χ3n) is 3.36. The summed E-state index contributed by atoms with van der Waals surface area (Å²) in [7, 11) is 0. The number of piperidine rings is 1. The molecular weight excluding hydrogens is 190 g/mol. The normalized spacial score (nSPS) is 24.3. The lowest BCUT2D eigenvalue weighted by atomic mass is 9.97. The summed E-state index contributed by atoms with van der Waals surface area (Å²) in [6.45, 7) is 3.65. The molecule has 1 aliphatic heterocycles. The summed E-state index contributed by atoms with van der Waals surface area (Å²) in [6, 6.07) is 0.814. The van der Waals surface area contributed by atoms with Crippen LogP contribution in [0.2, 0.25) is 0 Å². The van der Waals surface area contributed by atoms with Gasteiger partial charge in [-0.1, -0.05) is 0 Å². The Kier molecular flexibility index (Phi) is 3.59. The van der Waals surface area contributed by atoms with Gasteiger partial charge >= 0.3 is 0 Å². The van der Waals surface area contributed by atoms with Crippen molar-refractivity contribution in [2.75, 3.05) is 26.2 Å². The zero-order chi connectivity index (χ0) is 10.7. The Bertz CT molecular complexity index is 220. The quantitative estimate of drug-likeness (QED) is 0.669. The largest absolute Gasteiger partial charge is 0.369 e. The van der Waals surface area contributed by atoms with Gasteiger partial charge in [0.25, 0.3) is 0 Å². The fraction of sp³-hybridized carbons (Fsp3) is 0.909. The number of nitrogens with zero attached hydrogens (tertiary/aromatic N) is 1. The van der Waals surface area contributed by atoms with E-state index in [0.29, 0.717) is 6.54 Å². The van der Waals surface area contributed by atoms with Gasteiger partial charge in [0, 0.05) is 6.04 Å². The molecule has 2 aliphatic rings. The van der Waals surface area contributed by atoms with Crippen molar-refractivity contribution < 1.29 is 4.79 Å². The number of carbonyl (C=O) groups is 1. The Morgan fingerprint density at radius 2 is 1.93 bits per heavy atom. The molecule has 1 aliphatic carbocycles. The van der Waals surface area contributed by atoms with Gasteiger partial charge in [0.1, 0.15) is 0 Å². The van der Waals surface area contributed by atoms with E-state index < -0.39 is 0 Å². The second-order valence-electron chi connectivity index (χ2n) is 4.87. The Balaban J connectivity index is 1.60. The minimum absolute atomic E-state index is 0.204. The monoisotopic (exact) mass is 211 g/mol. The van der Waals surface area contributed by atoms with Gasteiger partial charge in [-0.3, -0.25) is 9.69 Å². The second-order valence-corrected chi connectivity index (χ2v) is 4.87. The van der Waals surface area contributed by atoms with E-state index in [9.17, 15) is 4.79 Å². The lowest BCUT2D eigenvalue weighted by Gasteiger charge is -2.31. The van der Waals surface area contributed by atoms with Gasteiger partial charge < -0.3 is 11.1 Å². The molecule has 0 unspecified atom stereocenters. The van der Waals surface area contributed by atoms with E-state index in [1.165, 1.54) is 25.7 Å². The van der Waals surface area contributed by atoms with Gasteiger partial charge in [-0.2, -0.15) is 0 Å². The average molecular weight is 211 g/mol. The molecule has 86 valence electrons. The molecular formula is C11H21N3O. The van der Waals surface area contributed by atoms with E-state index >= 15 is 0 Å². The smallest absolute Gasteiger partial charge is 0.231 e. The molecule has 0 aromatic heterocycles. The van der Waals surface area contributed by atoms with Crippen molar-refractivity contribution in [1.29, 1.82) is 0 Å². The number of hydrogen-bond donors (Lipinski definition) is 2. The fourth-order valence-corrected chi connectivity index (χ4v) is 2.19. The summed E-state index contributed by atoms with van der Waals surface area (Å²) in [5, 5.41) is 3.57. The summed E-state index contributed by atoms with van der Waals surface area (Å²) in [4.78, 5) is 12.9. The van der Waals surface area contributed by atoms with Crippen LogP contribution in [-0.4, -0.2) is 43.0 Å². The summed E-state index contributed by atoms with van der Waals surface area (Å²) in [5.41, 5.74) is 5.17. The molecule has 0 atom stereocenters. The molecule has 4 nitrogen and oxygen atoms in total. The highest BCUT2D eigenvalue weighted by Crippen LogP contribution is 2.21. The van der Waals surface area contributed by atoms with Crippen LogP contribution < -0.4 is 11.1 Å². The SMILES string of the molecule is NC(=O)CN1CCC(CNC2CC2)CC1. The summed E-state index contributed by atoms with van der Waals surface area (Å²) in [6.07, 6.45) is 5.13. The molecule has 0 spiro atoms. The number of carbonyl (C=O) groups excluding carboxylic acids is 1. The van der Waals surface area contributed by atoms with Crippen LogP contribution in [0.25, 0.3) is 0 Å². The lowest BCUT2D eigenvalue weighted by molar-refractivity contribution is -0.119. The fourth-order valence-electron chi connectivity index (χ4n) is 2.19. The minimum atomic E-state index is -0.204. The third-order valence-corrected chi connectivity index (χ3v) is 3.36. The van der Waals surface area contributed by atoms with Crippen LogP contribution in [0.4, 0.5) is 0 Å². The van der Waals surface area contributed by atoms with E-state index in [1.807, 2.05) is 0 Å². The maximum atomic E-state index is 10.7. The standard InChI is InChI=1S/C11H21N3O/c12-11(15)8-14-5-3-9(4-6-14)7-13-10-1-2-10/h9-10,13H,1-8H2,(H2,12,15). The van der Waals surface area contributed by atoms with E-state index in [-0.39, 0.29) is 5.91 Å². The highest BCUT2D eigenvalue weighted by atomic mass is 16.1. The third kappa shape index (κ3) is 3.80. The van der Waals surface area contributed by atoms with Gasteiger partial charge in [-0.25, -0.2) is 0 Å². The van der Waals surface area contributed by atoms with Crippen LogP contribution >= 0.6 is 0 Å². The molecule has 2 rings (SSSR count). The highest BCUT2D eigenvalue weighted by molar-refractivity contribution is 5.75. The predicted molar refractivity (Wildman–Crippen MR) is 59.4 cm³/mol. The molecule has 1 heterocycles. The zero-order valence-corrected chi connectivity index (χ0v) is 9.24. The number of hydrogen-bond acceptors (Lipinski definition) is 3. The minimum Gasteiger partial charge on any atom is -0.369 e. The van der Waals surface area contributed by atoms with Crippen molar-refractivity contribution in [3.63, 3.8) is 0 Å². The number of amides is 1. The Morgan fingerprint density at radius 3 is 2.47 bits per heavy atom. The van der Waals surface area contributed by atoms with Gasteiger partial charge in [0.15, 0.2) is 0 Å². The van der Waals surface area contributed by atoms with Crippen LogP contribution in [0.5, 0.6) is 0 Å². The van der Waals surface area contributed by atoms with E-state index in [2.05, 4.69) is 10.2 Å². The number of nitrogens with one attached hydrogen (secondary N) is 1. The lowest BCUT2D eigenvalue weighted by Crippen LogP contribution is -2.41. The van der Waals surface area contributed by atoms with Crippen LogP contribution in [0.1, 0.15) is 25.7 Å². The van der Waals surface area contributed by atoms with E-state index in [4.69, 9.17) is 5.73 Å². The van der Waals surface area contributed by atoms with Crippen molar-refractivity contribution in [1.82, 2.24) is 10.2 Å². The Labute approximate surface area is 91.2 Å². The average Bonchev–Trinajstić information content (AvgIpc) is 2.99. The molecule has 1 saturated heterocycles. The van der Waals surface area contributed by atoms with Crippen molar-refractivity contribution in [3.05, 3.63) is 0 Å². The first kappa shape index (κ1) is 10.9. The first-order valence-electron chi connectivity index (χ1n) is 5.98.